The minimum Gasteiger partial charge on any atom is -0.390 e. The third-order valence-corrected chi connectivity index (χ3v) is 12.2. The van der Waals surface area contributed by atoms with Gasteiger partial charge in [0.2, 0.25) is 0 Å². The number of carbonyl (C=O) groups excluding carboxylic acids is 1. The maximum Gasteiger partial charge on any atom is 0.163 e. The number of carbonyl (C=O) groups is 1. The van der Waals surface area contributed by atoms with Crippen LogP contribution in [0.25, 0.3) is 0 Å². The van der Waals surface area contributed by atoms with Gasteiger partial charge in [0.15, 0.2) is 11.5 Å². The van der Waals surface area contributed by atoms with E-state index >= 15 is 0 Å². The molecule has 1 heterocycles. The Bertz CT molecular complexity index is 1190. The number of aliphatic hydroxyl groups is 1. The molecule has 0 amide bonds. The predicted octanol–water partition coefficient (Wildman–Crippen LogP) is 4.07. The van der Waals surface area contributed by atoms with Crippen LogP contribution in [0.3, 0.4) is 0 Å². The summed E-state index contributed by atoms with van der Waals surface area (Å²) in [5.41, 5.74) is 0.121. The quantitative estimate of drug-likeness (QED) is 0.735. The first-order chi connectivity index (χ1) is 16.1. The number of rotatable bonds is 3. The average Bonchev–Trinajstić information content (AvgIpc) is 3.57. The largest absolute Gasteiger partial charge is 0.390 e. The highest BCUT2D eigenvalue weighted by molar-refractivity contribution is 5.93. The molecule has 7 fully saturated rings. The van der Waals surface area contributed by atoms with Crippen LogP contribution in [0, 0.1) is 80.3 Å². The van der Waals surface area contributed by atoms with Crippen LogP contribution in [0.2, 0.25) is 0 Å². The minimum atomic E-state index is -0.492. The molecule has 0 saturated heterocycles. The van der Waals surface area contributed by atoms with Crippen molar-refractivity contribution in [2.75, 3.05) is 0 Å². The van der Waals surface area contributed by atoms with Crippen LogP contribution in [0.1, 0.15) is 77.1 Å². The molecule has 8 rings (SSSR count). The van der Waals surface area contributed by atoms with E-state index in [2.05, 4.69) is 25.0 Å². The molecule has 1 aromatic rings. The number of fused-ring (bicyclic) bond motifs is 3. The molecule has 1 aromatic heterocycles. The summed E-state index contributed by atoms with van der Waals surface area (Å²) in [4.78, 5) is 13.9. The summed E-state index contributed by atoms with van der Waals surface area (Å²) in [6, 6.07) is 5.57. The Morgan fingerprint density at radius 2 is 1.91 bits per heavy atom. The predicted molar refractivity (Wildman–Crippen MR) is 123 cm³/mol. The second kappa shape index (κ2) is 6.14. The lowest BCUT2D eigenvalue weighted by molar-refractivity contribution is -0.153. The third kappa shape index (κ3) is 2.21. The molecule has 0 spiro atoms. The molecule has 11 atom stereocenters. The summed E-state index contributed by atoms with van der Waals surface area (Å²) < 4.78 is 1.46. The maximum atomic E-state index is 13.9. The fourth-order valence-electron chi connectivity index (χ4n) is 11.2. The highest BCUT2D eigenvalue weighted by Gasteiger charge is 3.00. The Labute approximate surface area is 201 Å². The van der Waals surface area contributed by atoms with E-state index in [-0.39, 0.29) is 28.9 Å². The van der Waals surface area contributed by atoms with Gasteiger partial charge in [0, 0.05) is 11.5 Å². The minimum absolute atomic E-state index is 0.0420. The van der Waals surface area contributed by atoms with Crippen molar-refractivity contribution < 1.29 is 9.90 Å². The van der Waals surface area contributed by atoms with E-state index in [1.807, 2.05) is 13.0 Å². The summed E-state index contributed by atoms with van der Waals surface area (Å²) in [7, 11) is 0. The molecule has 6 heteroatoms. The molecule has 178 valence electrons. The molecular formula is C28H34N4O2. The van der Waals surface area contributed by atoms with Crippen LogP contribution >= 0.6 is 0 Å². The molecule has 34 heavy (non-hydrogen) atoms. The number of ketones is 1. The van der Waals surface area contributed by atoms with E-state index in [1.165, 1.54) is 30.0 Å². The summed E-state index contributed by atoms with van der Waals surface area (Å²) in [6.45, 7) is 7.12. The molecule has 7 aliphatic rings. The van der Waals surface area contributed by atoms with Gasteiger partial charge >= 0.3 is 0 Å². The first-order valence-electron chi connectivity index (χ1n) is 13.3. The van der Waals surface area contributed by atoms with Crippen LogP contribution in [0.15, 0.2) is 6.07 Å². The van der Waals surface area contributed by atoms with Gasteiger partial charge in [-0.3, -0.25) is 4.79 Å². The van der Waals surface area contributed by atoms with Gasteiger partial charge < -0.3 is 5.11 Å². The van der Waals surface area contributed by atoms with Crippen molar-refractivity contribution in [3.63, 3.8) is 0 Å². The molecule has 6 nitrogen and oxygen atoms in total. The van der Waals surface area contributed by atoms with Crippen molar-refractivity contribution >= 4 is 5.78 Å². The van der Waals surface area contributed by atoms with E-state index in [4.69, 9.17) is 0 Å². The normalized spacial score (nSPS) is 53.4. The SMILES string of the molecule is C[C@@]1(O)CC[C@H]2[C@H](CC[C@]3(C)[C@@H]2CC[C@@]2(C)[C@H]3C3C4[C@@H]3C42C(=O)Cn2nc(C#N)cc2C#N)C1. The van der Waals surface area contributed by atoms with Crippen LogP contribution in [-0.2, 0) is 11.3 Å². The molecule has 2 bridgehead atoms. The number of aromatic nitrogens is 2. The zero-order chi connectivity index (χ0) is 23.8. The average molecular weight is 459 g/mol. The van der Waals surface area contributed by atoms with Gasteiger partial charge in [0.05, 0.1) is 5.60 Å². The first-order valence-corrected chi connectivity index (χ1v) is 13.3. The molecule has 3 unspecified atom stereocenters. The Morgan fingerprint density at radius 3 is 2.62 bits per heavy atom. The molecule has 7 aliphatic carbocycles. The van der Waals surface area contributed by atoms with E-state index in [0.717, 1.165) is 37.5 Å². The smallest absolute Gasteiger partial charge is 0.163 e. The Morgan fingerprint density at radius 1 is 1.15 bits per heavy atom. The van der Waals surface area contributed by atoms with Crippen LogP contribution < -0.4 is 0 Å². The number of Topliss-reactive ketones (excluding diaryl/α,β-unsaturated/α-hetero) is 1. The molecular weight excluding hydrogens is 424 g/mol. The van der Waals surface area contributed by atoms with Crippen LogP contribution in [-0.4, -0.2) is 26.3 Å². The van der Waals surface area contributed by atoms with Crippen molar-refractivity contribution in [3.8, 4) is 12.1 Å². The number of nitrogens with zero attached hydrogens (tertiary/aromatic N) is 4. The van der Waals surface area contributed by atoms with Crippen molar-refractivity contribution in [2.45, 2.75) is 77.9 Å². The summed E-state index contributed by atoms with van der Waals surface area (Å²) in [6.07, 6.45) is 7.82. The molecule has 0 aliphatic heterocycles. The lowest BCUT2D eigenvalue weighted by Crippen LogP contribution is -2.56. The van der Waals surface area contributed by atoms with Crippen molar-refractivity contribution in [2.24, 2.45) is 57.7 Å². The second-order valence-electron chi connectivity index (χ2n) is 13.5. The third-order valence-electron chi connectivity index (χ3n) is 12.2. The molecule has 7 saturated carbocycles. The molecule has 0 aromatic carbocycles. The summed E-state index contributed by atoms with van der Waals surface area (Å²) in [5, 5.41) is 33.6. The van der Waals surface area contributed by atoms with Crippen molar-refractivity contribution in [1.82, 2.24) is 9.78 Å². The van der Waals surface area contributed by atoms with E-state index in [0.29, 0.717) is 40.7 Å². The Hall–Kier alpha value is -2.18. The van der Waals surface area contributed by atoms with Gasteiger partial charge in [-0.2, -0.15) is 15.6 Å². The van der Waals surface area contributed by atoms with Gasteiger partial charge in [-0.1, -0.05) is 13.8 Å². The monoisotopic (exact) mass is 458 g/mol. The first kappa shape index (κ1) is 21.1. The van der Waals surface area contributed by atoms with Gasteiger partial charge in [0.25, 0.3) is 0 Å². The van der Waals surface area contributed by atoms with E-state index in [1.54, 1.807) is 0 Å². The highest BCUT2D eigenvalue weighted by Crippen LogP contribution is 3.00. The number of hydrogen-bond donors (Lipinski definition) is 1. The fraction of sp³-hybridized carbons (Fsp3) is 0.786. The highest BCUT2D eigenvalue weighted by atomic mass is 16.3. The van der Waals surface area contributed by atoms with Crippen molar-refractivity contribution in [1.29, 1.82) is 10.5 Å². The topological polar surface area (TPSA) is 103 Å². The fourth-order valence-corrected chi connectivity index (χ4v) is 11.2. The van der Waals surface area contributed by atoms with Crippen LogP contribution in [0.4, 0.5) is 0 Å². The van der Waals surface area contributed by atoms with Crippen LogP contribution in [0.5, 0.6) is 0 Å². The lowest BCUT2D eigenvalue weighted by Gasteiger charge is -2.62. The second-order valence-corrected chi connectivity index (χ2v) is 13.5. The zero-order valence-corrected chi connectivity index (χ0v) is 20.4. The number of hydrogen-bond acceptors (Lipinski definition) is 5. The maximum absolute atomic E-state index is 13.9. The summed E-state index contributed by atoms with van der Waals surface area (Å²) in [5.74, 6) is 4.74. The zero-order valence-electron chi connectivity index (χ0n) is 20.4. The van der Waals surface area contributed by atoms with Crippen molar-refractivity contribution in [3.05, 3.63) is 17.5 Å². The lowest BCUT2D eigenvalue weighted by atomic mass is 9.43. The Balaban J connectivity index is 1.18. The van der Waals surface area contributed by atoms with Gasteiger partial charge in [0.1, 0.15) is 24.4 Å². The van der Waals surface area contributed by atoms with Gasteiger partial charge in [-0.05, 0) is 104 Å². The summed E-state index contributed by atoms with van der Waals surface area (Å²) >= 11 is 0. The number of nitriles is 2. The van der Waals surface area contributed by atoms with Gasteiger partial charge in [-0.25, -0.2) is 4.68 Å². The van der Waals surface area contributed by atoms with E-state index < -0.39 is 5.60 Å². The van der Waals surface area contributed by atoms with Gasteiger partial charge in [-0.15, -0.1) is 0 Å². The molecule has 0 radical (unpaired) electrons. The van der Waals surface area contributed by atoms with E-state index in [9.17, 15) is 20.4 Å². The Kier molecular flexibility index (Phi) is 3.81. The molecule has 1 N–H and O–H groups in total. The standard InChI is InChI=1S/C28H34N4O2/c1-25(34)7-5-18-15(11-25)4-8-26(2)19(18)6-9-27(3)24(26)21-22-23(21)28(22,27)20(33)14-32-17(13-30)10-16(12-29)31-32/h10,15,18-19,21-24,34H,4-9,11,14H2,1-3H3/t15-,18+,19-,21?,22-,23?,24+,25-,26-,27+,28?/m1/s1.